The average Bonchev–Trinajstić information content (AvgIpc) is 2.61. The molecule has 0 aromatic heterocycles. The van der Waals surface area contributed by atoms with Crippen LogP contribution in [0, 0.1) is 11.3 Å². The molecule has 2 aromatic rings. The van der Waals surface area contributed by atoms with Crippen LogP contribution in [0.25, 0.3) is 6.08 Å². The van der Waals surface area contributed by atoms with E-state index in [0.29, 0.717) is 11.3 Å². The number of esters is 1. The molecule has 0 unspecified atom stereocenters. The first kappa shape index (κ1) is 18.4. The molecular formula is C19H15BrN2O3. The number of halogens is 1. The van der Waals surface area contributed by atoms with Crippen LogP contribution in [0.5, 0.6) is 0 Å². The Morgan fingerprint density at radius 2 is 2.00 bits per heavy atom. The smallest absolute Gasteiger partial charge is 0.331 e. The van der Waals surface area contributed by atoms with Crippen molar-refractivity contribution in [2.45, 2.75) is 13.0 Å². The zero-order valence-corrected chi connectivity index (χ0v) is 15.0. The summed E-state index contributed by atoms with van der Waals surface area (Å²) in [5.74, 6) is -1.10. The Labute approximate surface area is 154 Å². The molecule has 0 aliphatic carbocycles. The fraction of sp³-hybridized carbons (Fsp3) is 0.105. The summed E-state index contributed by atoms with van der Waals surface area (Å²) in [5, 5.41) is 11.5. The molecule has 0 bridgehead atoms. The number of ether oxygens (including phenoxy) is 1. The van der Waals surface area contributed by atoms with Crippen molar-refractivity contribution in [2.75, 3.05) is 5.32 Å². The first-order chi connectivity index (χ1) is 12.0. The third kappa shape index (κ3) is 5.59. The van der Waals surface area contributed by atoms with E-state index in [9.17, 15) is 9.59 Å². The molecule has 1 N–H and O–H groups in total. The maximum Gasteiger partial charge on any atom is 0.331 e. The number of amides is 1. The molecule has 0 spiro atoms. The number of hydrogen-bond donors (Lipinski definition) is 1. The molecule has 2 rings (SSSR count). The molecule has 0 aliphatic heterocycles. The van der Waals surface area contributed by atoms with Gasteiger partial charge in [-0.3, -0.25) is 4.79 Å². The molecule has 1 atom stereocenters. The minimum atomic E-state index is -0.970. The van der Waals surface area contributed by atoms with Crippen molar-refractivity contribution in [3.8, 4) is 6.07 Å². The van der Waals surface area contributed by atoms with Gasteiger partial charge in [-0.05, 0) is 42.8 Å². The number of nitrogens with zero attached hydrogens (tertiary/aromatic N) is 1. The standard InChI is InChI=1S/C19H15BrN2O3/c1-13(19(24)22-16-7-4-5-14(11-16)12-21)25-18(23)10-9-15-6-2-3-8-17(15)20/h2-11,13H,1H3,(H,22,24)/b10-9+/t13-/m0/s1. The highest BCUT2D eigenvalue weighted by Crippen LogP contribution is 2.17. The minimum Gasteiger partial charge on any atom is -0.449 e. The maximum absolute atomic E-state index is 12.1. The minimum absolute atomic E-state index is 0.429. The highest BCUT2D eigenvalue weighted by atomic mass is 79.9. The van der Waals surface area contributed by atoms with Crippen LogP contribution in [0.2, 0.25) is 0 Å². The fourth-order valence-electron chi connectivity index (χ4n) is 1.95. The van der Waals surface area contributed by atoms with Gasteiger partial charge in [-0.15, -0.1) is 0 Å². The van der Waals surface area contributed by atoms with E-state index in [-0.39, 0.29) is 0 Å². The van der Waals surface area contributed by atoms with Gasteiger partial charge in [0.15, 0.2) is 6.10 Å². The van der Waals surface area contributed by atoms with Crippen molar-refractivity contribution in [1.82, 2.24) is 0 Å². The Morgan fingerprint density at radius 1 is 1.24 bits per heavy atom. The lowest BCUT2D eigenvalue weighted by atomic mass is 10.2. The van der Waals surface area contributed by atoms with E-state index < -0.39 is 18.0 Å². The van der Waals surface area contributed by atoms with Crippen LogP contribution < -0.4 is 5.32 Å². The van der Waals surface area contributed by atoms with Gasteiger partial charge in [0.2, 0.25) is 0 Å². The molecular weight excluding hydrogens is 384 g/mol. The van der Waals surface area contributed by atoms with Crippen LogP contribution in [-0.4, -0.2) is 18.0 Å². The molecule has 0 saturated carbocycles. The molecule has 25 heavy (non-hydrogen) atoms. The number of benzene rings is 2. The lowest BCUT2D eigenvalue weighted by Crippen LogP contribution is -2.29. The molecule has 2 aromatic carbocycles. The van der Waals surface area contributed by atoms with E-state index in [1.807, 2.05) is 30.3 Å². The van der Waals surface area contributed by atoms with Gasteiger partial charge in [0.25, 0.3) is 5.91 Å². The highest BCUT2D eigenvalue weighted by molar-refractivity contribution is 9.10. The zero-order chi connectivity index (χ0) is 18.2. The van der Waals surface area contributed by atoms with Gasteiger partial charge < -0.3 is 10.1 Å². The largest absolute Gasteiger partial charge is 0.449 e. The lowest BCUT2D eigenvalue weighted by molar-refractivity contribution is -0.148. The van der Waals surface area contributed by atoms with E-state index in [0.717, 1.165) is 10.0 Å². The van der Waals surface area contributed by atoms with Gasteiger partial charge in [-0.25, -0.2) is 4.79 Å². The molecule has 0 heterocycles. The molecule has 0 saturated heterocycles. The summed E-state index contributed by atoms with van der Waals surface area (Å²) in [6.07, 6.45) is 1.90. The third-order valence-electron chi connectivity index (χ3n) is 3.23. The normalized spacial score (nSPS) is 11.6. The number of carbonyl (C=O) groups excluding carboxylic acids is 2. The first-order valence-corrected chi connectivity index (χ1v) is 8.23. The maximum atomic E-state index is 12.1. The Bertz CT molecular complexity index is 856. The average molecular weight is 399 g/mol. The van der Waals surface area contributed by atoms with Gasteiger partial charge in [-0.2, -0.15) is 5.26 Å². The summed E-state index contributed by atoms with van der Waals surface area (Å²) < 4.78 is 5.93. The Hall–Kier alpha value is -2.91. The summed E-state index contributed by atoms with van der Waals surface area (Å²) in [7, 11) is 0. The van der Waals surface area contributed by atoms with Crippen molar-refractivity contribution < 1.29 is 14.3 Å². The molecule has 0 aliphatic rings. The number of carbonyl (C=O) groups is 2. The van der Waals surface area contributed by atoms with Gasteiger partial charge in [-0.1, -0.05) is 40.2 Å². The summed E-state index contributed by atoms with van der Waals surface area (Å²) in [6, 6.07) is 15.9. The number of nitrogens with one attached hydrogen (secondary N) is 1. The predicted octanol–water partition coefficient (Wildman–Crippen LogP) is 3.90. The van der Waals surface area contributed by atoms with Gasteiger partial charge in [0.1, 0.15) is 0 Å². The third-order valence-corrected chi connectivity index (χ3v) is 3.95. The van der Waals surface area contributed by atoms with E-state index >= 15 is 0 Å². The van der Waals surface area contributed by atoms with E-state index in [4.69, 9.17) is 10.00 Å². The monoisotopic (exact) mass is 398 g/mol. The van der Waals surface area contributed by atoms with Crippen molar-refractivity contribution in [3.05, 3.63) is 70.2 Å². The number of rotatable bonds is 5. The van der Waals surface area contributed by atoms with E-state index in [1.165, 1.54) is 13.0 Å². The number of nitriles is 1. The number of anilines is 1. The van der Waals surface area contributed by atoms with Crippen LogP contribution in [0.15, 0.2) is 59.1 Å². The Balaban J connectivity index is 1.93. The molecule has 126 valence electrons. The number of hydrogen-bond acceptors (Lipinski definition) is 4. The predicted molar refractivity (Wildman–Crippen MR) is 98.5 cm³/mol. The highest BCUT2D eigenvalue weighted by Gasteiger charge is 2.16. The van der Waals surface area contributed by atoms with Crippen LogP contribution in [0.3, 0.4) is 0 Å². The van der Waals surface area contributed by atoms with Crippen LogP contribution in [0.4, 0.5) is 5.69 Å². The molecule has 0 fully saturated rings. The summed E-state index contributed by atoms with van der Waals surface area (Å²) in [4.78, 5) is 23.9. The first-order valence-electron chi connectivity index (χ1n) is 7.44. The van der Waals surface area contributed by atoms with E-state index in [2.05, 4.69) is 21.2 Å². The summed E-state index contributed by atoms with van der Waals surface area (Å²) in [5.41, 5.74) is 1.72. The second-order valence-corrected chi connectivity index (χ2v) is 5.97. The SMILES string of the molecule is C[C@H](OC(=O)/C=C/c1ccccc1Br)C(=O)Nc1cccc(C#N)c1. The molecule has 1 amide bonds. The lowest BCUT2D eigenvalue weighted by Gasteiger charge is -2.12. The Morgan fingerprint density at radius 3 is 2.72 bits per heavy atom. The second kappa shape index (κ2) is 8.81. The quantitative estimate of drug-likeness (QED) is 0.611. The van der Waals surface area contributed by atoms with Crippen molar-refractivity contribution in [2.24, 2.45) is 0 Å². The van der Waals surface area contributed by atoms with E-state index in [1.54, 1.807) is 30.3 Å². The molecule has 5 nitrogen and oxygen atoms in total. The molecule has 0 radical (unpaired) electrons. The van der Waals surface area contributed by atoms with Gasteiger partial charge in [0, 0.05) is 16.2 Å². The molecule has 6 heteroatoms. The Kier molecular flexibility index (Phi) is 6.49. The van der Waals surface area contributed by atoms with Gasteiger partial charge in [0.05, 0.1) is 11.6 Å². The second-order valence-electron chi connectivity index (χ2n) is 5.12. The van der Waals surface area contributed by atoms with Gasteiger partial charge >= 0.3 is 5.97 Å². The van der Waals surface area contributed by atoms with Crippen LogP contribution >= 0.6 is 15.9 Å². The van der Waals surface area contributed by atoms with Crippen molar-refractivity contribution in [1.29, 1.82) is 5.26 Å². The zero-order valence-electron chi connectivity index (χ0n) is 13.4. The fourth-order valence-corrected chi connectivity index (χ4v) is 2.36. The summed E-state index contributed by atoms with van der Waals surface area (Å²) >= 11 is 3.38. The summed E-state index contributed by atoms with van der Waals surface area (Å²) in [6.45, 7) is 1.48. The van der Waals surface area contributed by atoms with Crippen LogP contribution in [0.1, 0.15) is 18.1 Å². The van der Waals surface area contributed by atoms with Crippen molar-refractivity contribution >= 4 is 39.6 Å². The van der Waals surface area contributed by atoms with Crippen molar-refractivity contribution in [3.63, 3.8) is 0 Å². The van der Waals surface area contributed by atoms with Crippen LogP contribution in [-0.2, 0) is 14.3 Å². The topological polar surface area (TPSA) is 79.2 Å².